The smallest absolute Gasteiger partial charge is 0.198 e. The van der Waals surface area contributed by atoms with E-state index in [-0.39, 0.29) is 18.4 Å². The second-order valence-electron chi connectivity index (χ2n) is 2.92. The van der Waals surface area contributed by atoms with Gasteiger partial charge in [0.2, 0.25) is 0 Å². The summed E-state index contributed by atoms with van der Waals surface area (Å²) in [7, 11) is 0. The van der Waals surface area contributed by atoms with Gasteiger partial charge in [0, 0.05) is 10.9 Å². The van der Waals surface area contributed by atoms with Gasteiger partial charge in [0.15, 0.2) is 0 Å². The van der Waals surface area contributed by atoms with Gasteiger partial charge in [0.05, 0.1) is 11.6 Å². The highest BCUT2D eigenvalue weighted by atomic mass is 79.9. The maximum atomic E-state index is 12.6. The van der Waals surface area contributed by atoms with Crippen molar-refractivity contribution in [1.29, 1.82) is 5.26 Å². The van der Waals surface area contributed by atoms with Gasteiger partial charge in [-0.15, -0.1) is 0 Å². The Labute approximate surface area is 93.6 Å². The van der Waals surface area contributed by atoms with Gasteiger partial charge in [0.1, 0.15) is 0 Å². The quantitative estimate of drug-likeness (QED) is 0.804. The van der Waals surface area contributed by atoms with Crippen LogP contribution in [0.4, 0.5) is 13.2 Å². The van der Waals surface area contributed by atoms with Crippen molar-refractivity contribution in [3.8, 4) is 6.07 Å². The number of nitrogens with zero attached hydrogens (tertiary/aromatic N) is 1. The summed E-state index contributed by atoms with van der Waals surface area (Å²) in [6.07, 6.45) is -4.19. The highest BCUT2D eigenvalue weighted by Gasteiger charge is 2.33. The standard InChI is InChI=1S/C10H7BrF3N/c11-9-5-1-4-8(10(12,13)14)7(9)3-2-6-15/h1,4-5H,2-3H2. The van der Waals surface area contributed by atoms with Gasteiger partial charge in [-0.1, -0.05) is 22.0 Å². The van der Waals surface area contributed by atoms with Crippen LogP contribution in [0.2, 0.25) is 0 Å². The van der Waals surface area contributed by atoms with Crippen molar-refractivity contribution in [2.45, 2.75) is 19.0 Å². The van der Waals surface area contributed by atoms with Crippen LogP contribution in [0.1, 0.15) is 17.5 Å². The first-order valence-electron chi connectivity index (χ1n) is 4.18. The van der Waals surface area contributed by atoms with Gasteiger partial charge in [-0.25, -0.2) is 0 Å². The SMILES string of the molecule is N#CCCc1c(Br)cccc1C(F)(F)F. The first-order valence-corrected chi connectivity index (χ1v) is 4.97. The Morgan fingerprint density at radius 1 is 1.33 bits per heavy atom. The Bertz CT molecular complexity index is 393. The Kier molecular flexibility index (Phi) is 3.75. The third kappa shape index (κ3) is 2.96. The summed E-state index contributed by atoms with van der Waals surface area (Å²) in [6.45, 7) is 0. The molecular formula is C10H7BrF3N. The number of halogens is 4. The van der Waals surface area contributed by atoms with Gasteiger partial charge in [-0.05, 0) is 24.1 Å². The van der Waals surface area contributed by atoms with Crippen LogP contribution in [-0.4, -0.2) is 0 Å². The molecule has 0 saturated carbocycles. The molecule has 0 unspecified atom stereocenters. The molecule has 1 aromatic rings. The van der Waals surface area contributed by atoms with Crippen LogP contribution >= 0.6 is 15.9 Å². The van der Waals surface area contributed by atoms with Crippen molar-refractivity contribution in [3.63, 3.8) is 0 Å². The van der Waals surface area contributed by atoms with Crippen LogP contribution in [0.3, 0.4) is 0 Å². The summed E-state index contributed by atoms with van der Waals surface area (Å²) in [5.74, 6) is 0. The first kappa shape index (κ1) is 12.1. The van der Waals surface area contributed by atoms with E-state index in [0.717, 1.165) is 6.07 Å². The topological polar surface area (TPSA) is 23.8 Å². The van der Waals surface area contributed by atoms with Crippen LogP contribution in [0.15, 0.2) is 22.7 Å². The van der Waals surface area contributed by atoms with Crippen molar-refractivity contribution in [3.05, 3.63) is 33.8 Å². The normalized spacial score (nSPS) is 11.1. The fraction of sp³-hybridized carbons (Fsp3) is 0.300. The molecule has 1 aromatic carbocycles. The molecule has 0 radical (unpaired) electrons. The minimum absolute atomic E-state index is 0.0751. The zero-order valence-electron chi connectivity index (χ0n) is 7.61. The zero-order chi connectivity index (χ0) is 11.5. The van der Waals surface area contributed by atoms with Crippen LogP contribution in [0.25, 0.3) is 0 Å². The summed E-state index contributed by atoms with van der Waals surface area (Å²) in [4.78, 5) is 0. The van der Waals surface area contributed by atoms with E-state index in [1.165, 1.54) is 6.07 Å². The summed E-state index contributed by atoms with van der Waals surface area (Å²) in [5.41, 5.74) is -0.529. The van der Waals surface area contributed by atoms with E-state index >= 15 is 0 Å². The molecule has 1 nitrogen and oxygen atoms in total. The molecule has 1 rings (SSSR count). The van der Waals surface area contributed by atoms with Crippen molar-refractivity contribution in [2.75, 3.05) is 0 Å². The Balaban J connectivity index is 3.16. The highest BCUT2D eigenvalue weighted by molar-refractivity contribution is 9.10. The molecule has 0 aliphatic carbocycles. The lowest BCUT2D eigenvalue weighted by Crippen LogP contribution is -2.09. The lowest BCUT2D eigenvalue weighted by atomic mass is 10.0. The molecule has 0 aromatic heterocycles. The minimum Gasteiger partial charge on any atom is -0.198 e. The molecule has 0 amide bonds. The number of hydrogen-bond acceptors (Lipinski definition) is 1. The summed E-state index contributed by atoms with van der Waals surface area (Å²) in [6, 6.07) is 5.74. The monoisotopic (exact) mass is 277 g/mol. The molecule has 0 saturated heterocycles. The van der Waals surface area contributed by atoms with Crippen molar-refractivity contribution >= 4 is 15.9 Å². The van der Waals surface area contributed by atoms with E-state index < -0.39 is 11.7 Å². The Hall–Kier alpha value is -1.02. The molecule has 0 N–H and O–H groups in total. The molecule has 5 heteroatoms. The third-order valence-corrected chi connectivity index (χ3v) is 2.65. The lowest BCUT2D eigenvalue weighted by Gasteiger charge is -2.13. The lowest BCUT2D eigenvalue weighted by molar-refractivity contribution is -0.138. The fourth-order valence-corrected chi connectivity index (χ4v) is 1.82. The van der Waals surface area contributed by atoms with E-state index in [9.17, 15) is 13.2 Å². The molecule has 0 heterocycles. The van der Waals surface area contributed by atoms with E-state index in [0.29, 0.717) is 4.47 Å². The van der Waals surface area contributed by atoms with E-state index in [2.05, 4.69) is 15.9 Å². The van der Waals surface area contributed by atoms with Crippen LogP contribution < -0.4 is 0 Å². The first-order chi connectivity index (χ1) is 6.96. The summed E-state index contributed by atoms with van der Waals surface area (Å²) in [5, 5.41) is 8.37. The Morgan fingerprint density at radius 2 is 2.00 bits per heavy atom. The van der Waals surface area contributed by atoms with Gasteiger partial charge >= 0.3 is 6.18 Å². The molecular weight excluding hydrogens is 271 g/mol. The van der Waals surface area contributed by atoms with Gasteiger partial charge in [0.25, 0.3) is 0 Å². The van der Waals surface area contributed by atoms with Crippen molar-refractivity contribution < 1.29 is 13.2 Å². The van der Waals surface area contributed by atoms with Gasteiger partial charge in [-0.3, -0.25) is 0 Å². The summed E-state index contributed by atoms with van der Waals surface area (Å²) < 4.78 is 38.1. The predicted octanol–water partition coefficient (Wildman–Crippen LogP) is 3.92. The molecule has 80 valence electrons. The van der Waals surface area contributed by atoms with E-state index in [1.54, 1.807) is 6.07 Å². The maximum absolute atomic E-state index is 12.6. The number of benzene rings is 1. The van der Waals surface area contributed by atoms with Crippen LogP contribution in [-0.2, 0) is 12.6 Å². The minimum atomic E-state index is -4.37. The Morgan fingerprint density at radius 3 is 2.53 bits per heavy atom. The van der Waals surface area contributed by atoms with E-state index in [1.807, 2.05) is 6.07 Å². The number of alkyl halides is 3. The maximum Gasteiger partial charge on any atom is 0.416 e. The summed E-state index contributed by atoms with van der Waals surface area (Å²) >= 11 is 3.06. The second kappa shape index (κ2) is 4.67. The van der Waals surface area contributed by atoms with E-state index in [4.69, 9.17) is 5.26 Å². The third-order valence-electron chi connectivity index (χ3n) is 1.91. The van der Waals surface area contributed by atoms with Crippen LogP contribution in [0, 0.1) is 11.3 Å². The predicted molar refractivity (Wildman–Crippen MR) is 53.1 cm³/mol. The van der Waals surface area contributed by atoms with Gasteiger partial charge in [-0.2, -0.15) is 18.4 Å². The van der Waals surface area contributed by atoms with Gasteiger partial charge < -0.3 is 0 Å². The average Bonchev–Trinajstić information content (AvgIpc) is 2.14. The second-order valence-corrected chi connectivity index (χ2v) is 3.78. The van der Waals surface area contributed by atoms with Crippen molar-refractivity contribution in [1.82, 2.24) is 0 Å². The number of nitriles is 1. The zero-order valence-corrected chi connectivity index (χ0v) is 9.19. The molecule has 15 heavy (non-hydrogen) atoms. The highest BCUT2D eigenvalue weighted by Crippen LogP contribution is 2.35. The van der Waals surface area contributed by atoms with Crippen LogP contribution in [0.5, 0.6) is 0 Å². The molecule has 0 aliphatic heterocycles. The number of hydrogen-bond donors (Lipinski definition) is 0. The van der Waals surface area contributed by atoms with Crippen molar-refractivity contribution in [2.24, 2.45) is 0 Å². The largest absolute Gasteiger partial charge is 0.416 e. The fourth-order valence-electron chi connectivity index (χ4n) is 1.26. The molecule has 0 atom stereocenters. The average molecular weight is 278 g/mol. The molecule has 0 aliphatic rings. The molecule has 0 fully saturated rings. The number of rotatable bonds is 2. The molecule has 0 bridgehead atoms. The molecule has 0 spiro atoms.